The topological polar surface area (TPSA) is 55.3 Å². The molecule has 0 saturated carbocycles. The summed E-state index contributed by atoms with van der Waals surface area (Å²) in [5, 5.41) is 3.52. The highest BCUT2D eigenvalue weighted by atomic mass is 16.5. The second-order valence-electron chi connectivity index (χ2n) is 7.29. The second kappa shape index (κ2) is 11.0. The van der Waals surface area contributed by atoms with E-state index in [0.717, 1.165) is 55.2 Å². The van der Waals surface area contributed by atoms with Crippen LogP contribution in [0.1, 0.15) is 38.7 Å². The van der Waals surface area contributed by atoms with E-state index in [2.05, 4.69) is 29.1 Å². The Balaban J connectivity index is 1.97. The van der Waals surface area contributed by atoms with Gasteiger partial charge in [-0.2, -0.15) is 0 Å². The SMILES string of the molecule is CCC(CC)C1CCN(C(=NC)NCCc2ccc(OC)c(OC)c2OC)C1. The quantitative estimate of drug-likeness (QED) is 0.515. The number of rotatable bonds is 9. The van der Waals surface area contributed by atoms with Gasteiger partial charge >= 0.3 is 0 Å². The summed E-state index contributed by atoms with van der Waals surface area (Å²) >= 11 is 0. The molecule has 1 aromatic carbocycles. The molecule has 158 valence electrons. The first-order valence-corrected chi connectivity index (χ1v) is 10.4. The predicted octanol–water partition coefficient (Wildman–Crippen LogP) is 3.59. The lowest BCUT2D eigenvalue weighted by atomic mass is 9.87. The lowest BCUT2D eigenvalue weighted by Crippen LogP contribution is -2.41. The Morgan fingerprint density at radius 1 is 1.14 bits per heavy atom. The minimum absolute atomic E-state index is 0.638. The first-order chi connectivity index (χ1) is 13.6. The number of nitrogens with one attached hydrogen (secondary N) is 1. The molecule has 0 bridgehead atoms. The summed E-state index contributed by atoms with van der Waals surface area (Å²) in [6.45, 7) is 7.58. The normalized spacial score (nSPS) is 17.2. The molecular formula is C22H37N3O3. The van der Waals surface area contributed by atoms with Crippen LogP contribution in [-0.2, 0) is 6.42 Å². The van der Waals surface area contributed by atoms with Gasteiger partial charge in [0.05, 0.1) is 21.3 Å². The zero-order valence-corrected chi connectivity index (χ0v) is 18.4. The number of methoxy groups -OCH3 is 3. The van der Waals surface area contributed by atoms with Crippen LogP contribution in [0.3, 0.4) is 0 Å². The van der Waals surface area contributed by atoms with E-state index in [1.165, 1.54) is 19.3 Å². The van der Waals surface area contributed by atoms with Crippen molar-refractivity contribution in [2.45, 2.75) is 39.5 Å². The average molecular weight is 392 g/mol. The maximum absolute atomic E-state index is 5.59. The lowest BCUT2D eigenvalue weighted by Gasteiger charge is -2.24. The average Bonchev–Trinajstić information content (AvgIpc) is 3.21. The summed E-state index contributed by atoms with van der Waals surface area (Å²) in [5.74, 6) is 4.64. The van der Waals surface area contributed by atoms with E-state index in [1.54, 1.807) is 21.3 Å². The zero-order valence-electron chi connectivity index (χ0n) is 18.4. The van der Waals surface area contributed by atoms with Crippen molar-refractivity contribution in [3.05, 3.63) is 17.7 Å². The first kappa shape index (κ1) is 22.2. The predicted molar refractivity (Wildman–Crippen MR) is 115 cm³/mol. The van der Waals surface area contributed by atoms with E-state index in [4.69, 9.17) is 14.2 Å². The summed E-state index contributed by atoms with van der Waals surface area (Å²) in [7, 11) is 6.79. The molecule has 2 rings (SSSR count). The van der Waals surface area contributed by atoms with Gasteiger partial charge in [0.15, 0.2) is 17.5 Å². The number of likely N-dealkylation sites (tertiary alicyclic amines) is 1. The fraction of sp³-hybridized carbons (Fsp3) is 0.682. The molecule has 1 unspecified atom stereocenters. The van der Waals surface area contributed by atoms with Crippen molar-refractivity contribution in [1.29, 1.82) is 0 Å². The molecule has 1 heterocycles. The van der Waals surface area contributed by atoms with Crippen LogP contribution in [-0.4, -0.2) is 58.9 Å². The number of aliphatic imine (C=N–C) groups is 1. The van der Waals surface area contributed by atoms with E-state index >= 15 is 0 Å². The smallest absolute Gasteiger partial charge is 0.203 e. The van der Waals surface area contributed by atoms with Gasteiger partial charge in [-0.15, -0.1) is 0 Å². The number of nitrogens with zero attached hydrogens (tertiary/aromatic N) is 2. The summed E-state index contributed by atoms with van der Waals surface area (Å²) in [6, 6.07) is 3.95. The molecule has 6 heteroatoms. The molecule has 0 radical (unpaired) electrons. The van der Waals surface area contributed by atoms with Crippen molar-refractivity contribution in [3.63, 3.8) is 0 Å². The fourth-order valence-corrected chi connectivity index (χ4v) is 4.32. The third kappa shape index (κ3) is 5.03. The molecule has 6 nitrogen and oxygen atoms in total. The van der Waals surface area contributed by atoms with Crippen LogP contribution < -0.4 is 19.5 Å². The third-order valence-corrected chi connectivity index (χ3v) is 5.91. The van der Waals surface area contributed by atoms with E-state index in [1.807, 2.05) is 19.2 Å². The van der Waals surface area contributed by atoms with Gasteiger partial charge in [0.2, 0.25) is 5.75 Å². The zero-order chi connectivity index (χ0) is 20.5. The van der Waals surface area contributed by atoms with Crippen LogP contribution in [0.15, 0.2) is 17.1 Å². The number of hydrogen-bond acceptors (Lipinski definition) is 4. The van der Waals surface area contributed by atoms with Crippen molar-refractivity contribution in [1.82, 2.24) is 10.2 Å². The van der Waals surface area contributed by atoms with Gasteiger partial charge in [-0.1, -0.05) is 32.8 Å². The highest BCUT2D eigenvalue weighted by molar-refractivity contribution is 5.80. The molecule has 1 atom stereocenters. The van der Waals surface area contributed by atoms with Crippen LogP contribution in [0, 0.1) is 11.8 Å². The molecule has 0 spiro atoms. The molecule has 1 saturated heterocycles. The highest BCUT2D eigenvalue weighted by Gasteiger charge is 2.29. The summed E-state index contributed by atoms with van der Waals surface area (Å²) < 4.78 is 16.4. The van der Waals surface area contributed by atoms with E-state index in [9.17, 15) is 0 Å². The number of guanidine groups is 1. The van der Waals surface area contributed by atoms with Gasteiger partial charge in [0, 0.05) is 32.2 Å². The summed E-state index contributed by atoms with van der Waals surface area (Å²) in [4.78, 5) is 6.90. The van der Waals surface area contributed by atoms with Crippen LogP contribution >= 0.6 is 0 Å². The summed E-state index contributed by atoms with van der Waals surface area (Å²) in [6.07, 6.45) is 4.60. The Kier molecular flexibility index (Phi) is 8.74. The minimum atomic E-state index is 0.638. The Labute approximate surface area is 170 Å². The summed E-state index contributed by atoms with van der Waals surface area (Å²) in [5.41, 5.74) is 1.08. The van der Waals surface area contributed by atoms with Crippen molar-refractivity contribution in [3.8, 4) is 17.2 Å². The van der Waals surface area contributed by atoms with Crippen LogP contribution in [0.5, 0.6) is 17.2 Å². The molecule has 1 aliphatic heterocycles. The van der Waals surface area contributed by atoms with E-state index < -0.39 is 0 Å². The lowest BCUT2D eigenvalue weighted by molar-refractivity contribution is 0.318. The van der Waals surface area contributed by atoms with E-state index in [-0.39, 0.29) is 0 Å². The maximum atomic E-state index is 5.59. The highest BCUT2D eigenvalue weighted by Crippen LogP contribution is 2.39. The van der Waals surface area contributed by atoms with Crippen LogP contribution in [0.2, 0.25) is 0 Å². The van der Waals surface area contributed by atoms with Gasteiger partial charge in [-0.25, -0.2) is 0 Å². The Morgan fingerprint density at radius 2 is 1.86 bits per heavy atom. The Hall–Kier alpha value is -2.11. The van der Waals surface area contributed by atoms with Crippen molar-refractivity contribution >= 4 is 5.96 Å². The molecule has 0 aromatic heterocycles. The number of hydrogen-bond donors (Lipinski definition) is 1. The second-order valence-corrected chi connectivity index (χ2v) is 7.29. The van der Waals surface area contributed by atoms with Gasteiger partial charge in [0.25, 0.3) is 0 Å². The molecule has 1 aliphatic rings. The van der Waals surface area contributed by atoms with Crippen molar-refractivity contribution < 1.29 is 14.2 Å². The number of ether oxygens (including phenoxy) is 3. The van der Waals surface area contributed by atoms with Gasteiger partial charge in [-0.05, 0) is 30.7 Å². The van der Waals surface area contributed by atoms with Gasteiger partial charge in [0.1, 0.15) is 0 Å². The monoisotopic (exact) mass is 391 g/mol. The fourth-order valence-electron chi connectivity index (χ4n) is 4.32. The maximum Gasteiger partial charge on any atom is 0.203 e. The molecule has 0 aliphatic carbocycles. The van der Waals surface area contributed by atoms with E-state index in [0.29, 0.717) is 11.5 Å². The molecule has 28 heavy (non-hydrogen) atoms. The number of benzene rings is 1. The Bertz CT molecular complexity index is 644. The largest absolute Gasteiger partial charge is 0.493 e. The molecule has 1 N–H and O–H groups in total. The van der Waals surface area contributed by atoms with Crippen molar-refractivity contribution in [2.24, 2.45) is 16.8 Å². The third-order valence-electron chi connectivity index (χ3n) is 5.91. The Morgan fingerprint density at radius 3 is 2.43 bits per heavy atom. The molecule has 1 aromatic rings. The van der Waals surface area contributed by atoms with Crippen molar-refractivity contribution in [2.75, 3.05) is 48.0 Å². The van der Waals surface area contributed by atoms with Gasteiger partial charge in [-0.3, -0.25) is 4.99 Å². The minimum Gasteiger partial charge on any atom is -0.493 e. The molecule has 1 fully saturated rings. The van der Waals surface area contributed by atoms with Crippen LogP contribution in [0.25, 0.3) is 0 Å². The standard InChI is InChI=1S/C22H37N3O3/c1-7-16(8-2)18-12-14-25(15-18)22(23-3)24-13-11-17-9-10-19(26-4)21(28-6)20(17)27-5/h9-10,16,18H,7-8,11-15H2,1-6H3,(H,23,24). The molecular weight excluding hydrogens is 354 g/mol. The van der Waals surface area contributed by atoms with Gasteiger partial charge < -0.3 is 24.4 Å². The molecule has 0 amide bonds. The first-order valence-electron chi connectivity index (χ1n) is 10.4. The van der Waals surface area contributed by atoms with Crippen LogP contribution in [0.4, 0.5) is 0 Å².